The number of aromatic nitrogens is 2. The number of nitrogens with two attached hydrogens (primary N) is 1. The van der Waals surface area contributed by atoms with Gasteiger partial charge >= 0.3 is 0 Å². The molecule has 0 saturated carbocycles. The fraction of sp³-hybridized carbons (Fsp3) is 0.111. The molecule has 0 radical (unpaired) electrons. The van der Waals surface area contributed by atoms with E-state index in [0.717, 1.165) is 20.8 Å². The molecule has 0 spiro atoms. The molecule has 1 aromatic carbocycles. The number of hydrogen-bond acceptors (Lipinski definition) is 5. The zero-order valence-electron chi connectivity index (χ0n) is 7.90. The van der Waals surface area contributed by atoms with Gasteiger partial charge in [-0.1, -0.05) is 17.4 Å². The van der Waals surface area contributed by atoms with E-state index in [1.807, 2.05) is 18.2 Å². The molecular formula is C9H8BrN3OS. The molecule has 0 aliphatic carbocycles. The number of hydrogen-bond donors (Lipinski definition) is 1. The highest BCUT2D eigenvalue weighted by molar-refractivity contribution is 9.10. The van der Waals surface area contributed by atoms with Crippen LogP contribution in [0.5, 0.6) is 5.75 Å². The fourth-order valence-corrected chi connectivity index (χ4v) is 2.56. The highest BCUT2D eigenvalue weighted by Crippen LogP contribution is 2.38. The van der Waals surface area contributed by atoms with Crippen LogP contribution in [-0.2, 0) is 0 Å². The van der Waals surface area contributed by atoms with Crippen molar-refractivity contribution >= 4 is 32.4 Å². The Morgan fingerprint density at radius 1 is 1.40 bits per heavy atom. The lowest BCUT2D eigenvalue weighted by Gasteiger charge is -2.06. The smallest absolute Gasteiger partial charge is 0.203 e. The molecule has 1 aromatic heterocycles. The van der Waals surface area contributed by atoms with Crippen molar-refractivity contribution in [3.8, 4) is 16.3 Å². The summed E-state index contributed by atoms with van der Waals surface area (Å²) < 4.78 is 6.17. The summed E-state index contributed by atoms with van der Waals surface area (Å²) in [5.41, 5.74) is 6.43. The third-order valence-corrected chi connectivity index (χ3v) is 3.28. The topological polar surface area (TPSA) is 61.0 Å². The molecule has 0 atom stereocenters. The Morgan fingerprint density at radius 2 is 2.20 bits per heavy atom. The second-order valence-electron chi connectivity index (χ2n) is 2.76. The van der Waals surface area contributed by atoms with E-state index in [1.165, 1.54) is 11.3 Å². The van der Waals surface area contributed by atoms with Gasteiger partial charge in [-0.2, -0.15) is 0 Å². The Labute approximate surface area is 99.2 Å². The van der Waals surface area contributed by atoms with Gasteiger partial charge in [-0.3, -0.25) is 0 Å². The van der Waals surface area contributed by atoms with Crippen LogP contribution in [0.2, 0.25) is 0 Å². The number of methoxy groups -OCH3 is 1. The number of nitrogens with zero attached hydrogens (tertiary/aromatic N) is 2. The van der Waals surface area contributed by atoms with Crippen LogP contribution in [-0.4, -0.2) is 17.3 Å². The minimum atomic E-state index is 0.447. The summed E-state index contributed by atoms with van der Waals surface area (Å²) in [6, 6.07) is 5.70. The van der Waals surface area contributed by atoms with Crippen molar-refractivity contribution in [3.63, 3.8) is 0 Å². The molecule has 0 unspecified atom stereocenters. The van der Waals surface area contributed by atoms with Crippen LogP contribution >= 0.6 is 27.3 Å². The van der Waals surface area contributed by atoms with Crippen LogP contribution in [0, 0.1) is 0 Å². The van der Waals surface area contributed by atoms with Crippen molar-refractivity contribution < 1.29 is 4.74 Å². The molecule has 4 nitrogen and oxygen atoms in total. The van der Waals surface area contributed by atoms with Gasteiger partial charge in [0.05, 0.1) is 12.7 Å². The summed E-state index contributed by atoms with van der Waals surface area (Å²) in [5, 5.41) is 8.96. The second-order valence-corrected chi connectivity index (χ2v) is 4.63. The number of benzene rings is 1. The third kappa shape index (κ3) is 1.95. The van der Waals surface area contributed by atoms with Gasteiger partial charge in [0.15, 0.2) is 5.01 Å². The standard InChI is InChI=1S/C9H8BrN3OS/c1-14-6-4-2-3-5(10)7(6)8-12-13-9(11)15-8/h2-4H,1H3,(H2,11,13). The molecule has 0 aliphatic heterocycles. The number of rotatable bonds is 2. The predicted octanol–water partition coefficient (Wildman–Crippen LogP) is 2.56. The maximum Gasteiger partial charge on any atom is 0.203 e. The summed E-state index contributed by atoms with van der Waals surface area (Å²) in [4.78, 5) is 0. The molecule has 0 fully saturated rings. The lowest BCUT2D eigenvalue weighted by molar-refractivity contribution is 0.416. The summed E-state index contributed by atoms with van der Waals surface area (Å²) in [7, 11) is 1.62. The van der Waals surface area contributed by atoms with Crippen molar-refractivity contribution in [2.24, 2.45) is 0 Å². The lowest BCUT2D eigenvalue weighted by Crippen LogP contribution is -1.88. The quantitative estimate of drug-likeness (QED) is 0.921. The summed E-state index contributed by atoms with van der Waals surface area (Å²) in [6.07, 6.45) is 0. The largest absolute Gasteiger partial charge is 0.496 e. The highest BCUT2D eigenvalue weighted by atomic mass is 79.9. The van der Waals surface area contributed by atoms with E-state index in [1.54, 1.807) is 7.11 Å². The number of nitrogen functional groups attached to an aromatic ring is 1. The van der Waals surface area contributed by atoms with Crippen molar-refractivity contribution in [1.82, 2.24) is 10.2 Å². The third-order valence-electron chi connectivity index (χ3n) is 1.85. The molecule has 0 bridgehead atoms. The minimum absolute atomic E-state index is 0.447. The van der Waals surface area contributed by atoms with Crippen LogP contribution in [0.25, 0.3) is 10.6 Å². The molecule has 0 saturated heterocycles. The average molecular weight is 286 g/mol. The minimum Gasteiger partial charge on any atom is -0.496 e. The Balaban J connectivity index is 2.60. The van der Waals surface area contributed by atoms with E-state index >= 15 is 0 Å². The molecule has 1 heterocycles. The van der Waals surface area contributed by atoms with E-state index in [0.29, 0.717) is 5.13 Å². The van der Waals surface area contributed by atoms with Crippen molar-refractivity contribution in [1.29, 1.82) is 0 Å². The van der Waals surface area contributed by atoms with E-state index in [9.17, 15) is 0 Å². The van der Waals surface area contributed by atoms with Crippen molar-refractivity contribution in [2.45, 2.75) is 0 Å². The molecular weight excluding hydrogens is 278 g/mol. The van der Waals surface area contributed by atoms with Gasteiger partial charge in [0.25, 0.3) is 0 Å². The first-order valence-corrected chi connectivity index (χ1v) is 5.75. The number of ether oxygens (including phenoxy) is 1. The summed E-state index contributed by atoms with van der Waals surface area (Å²) in [5.74, 6) is 0.750. The maximum absolute atomic E-state index is 5.55. The lowest BCUT2D eigenvalue weighted by atomic mass is 10.2. The van der Waals surface area contributed by atoms with E-state index in [4.69, 9.17) is 10.5 Å². The number of anilines is 1. The second kappa shape index (κ2) is 4.16. The van der Waals surface area contributed by atoms with Crippen LogP contribution in [0.15, 0.2) is 22.7 Å². The van der Waals surface area contributed by atoms with Crippen LogP contribution in [0.3, 0.4) is 0 Å². The zero-order chi connectivity index (χ0) is 10.8. The van der Waals surface area contributed by atoms with Gasteiger partial charge in [-0.15, -0.1) is 10.2 Å². The first-order chi connectivity index (χ1) is 7.22. The molecule has 2 rings (SSSR count). The monoisotopic (exact) mass is 285 g/mol. The Hall–Kier alpha value is -1.14. The summed E-state index contributed by atoms with van der Waals surface area (Å²) in [6.45, 7) is 0. The molecule has 2 aromatic rings. The molecule has 2 N–H and O–H groups in total. The molecule has 15 heavy (non-hydrogen) atoms. The maximum atomic E-state index is 5.55. The summed E-state index contributed by atoms with van der Waals surface area (Å²) >= 11 is 4.78. The van der Waals surface area contributed by atoms with Crippen molar-refractivity contribution in [3.05, 3.63) is 22.7 Å². The predicted molar refractivity (Wildman–Crippen MR) is 64.0 cm³/mol. The molecule has 78 valence electrons. The van der Waals surface area contributed by atoms with Gasteiger partial charge in [-0.25, -0.2) is 0 Å². The van der Waals surface area contributed by atoms with Gasteiger partial charge in [0.1, 0.15) is 5.75 Å². The normalized spacial score (nSPS) is 10.3. The zero-order valence-corrected chi connectivity index (χ0v) is 10.3. The first kappa shape index (κ1) is 10.4. The fourth-order valence-electron chi connectivity index (χ4n) is 1.22. The van der Waals surface area contributed by atoms with Crippen LogP contribution in [0.4, 0.5) is 5.13 Å². The van der Waals surface area contributed by atoms with E-state index in [2.05, 4.69) is 26.1 Å². The first-order valence-electron chi connectivity index (χ1n) is 4.14. The highest BCUT2D eigenvalue weighted by Gasteiger charge is 2.13. The van der Waals surface area contributed by atoms with E-state index in [-0.39, 0.29) is 0 Å². The molecule has 6 heteroatoms. The van der Waals surface area contributed by atoms with Crippen molar-refractivity contribution in [2.75, 3.05) is 12.8 Å². The van der Waals surface area contributed by atoms with Gasteiger partial charge in [0.2, 0.25) is 5.13 Å². The molecule has 0 amide bonds. The number of halogens is 1. The van der Waals surface area contributed by atoms with Gasteiger partial charge in [-0.05, 0) is 28.1 Å². The van der Waals surface area contributed by atoms with Gasteiger partial charge in [0, 0.05) is 4.47 Å². The Morgan fingerprint density at radius 3 is 2.80 bits per heavy atom. The molecule has 0 aliphatic rings. The SMILES string of the molecule is COc1cccc(Br)c1-c1nnc(N)s1. The Kier molecular flexibility index (Phi) is 2.88. The van der Waals surface area contributed by atoms with Crippen LogP contribution in [0.1, 0.15) is 0 Å². The average Bonchev–Trinajstić information content (AvgIpc) is 2.64. The Bertz CT molecular complexity index is 486. The van der Waals surface area contributed by atoms with Gasteiger partial charge < -0.3 is 10.5 Å². The van der Waals surface area contributed by atoms with Crippen LogP contribution < -0.4 is 10.5 Å². The van der Waals surface area contributed by atoms with E-state index < -0.39 is 0 Å².